The molecule has 26 heavy (non-hydrogen) atoms. The average Bonchev–Trinajstić information content (AvgIpc) is 2.66. The molecule has 1 aromatic carbocycles. The van der Waals surface area contributed by atoms with Crippen LogP contribution >= 0.6 is 0 Å². The zero-order chi connectivity index (χ0) is 18.5. The highest BCUT2D eigenvalue weighted by Crippen LogP contribution is 2.22. The van der Waals surface area contributed by atoms with Gasteiger partial charge in [0.05, 0.1) is 12.8 Å². The van der Waals surface area contributed by atoms with Crippen LogP contribution in [0.2, 0.25) is 0 Å². The Bertz CT molecular complexity index is 774. The number of rotatable bonds is 4. The summed E-state index contributed by atoms with van der Waals surface area (Å²) >= 11 is 0. The number of carbonyl (C=O) groups excluding carboxylic acids is 1. The van der Waals surface area contributed by atoms with E-state index >= 15 is 0 Å². The lowest BCUT2D eigenvalue weighted by Gasteiger charge is -2.33. The summed E-state index contributed by atoms with van der Waals surface area (Å²) in [5.41, 5.74) is 3.40. The minimum atomic E-state index is -0.267. The number of benzene rings is 1. The molecule has 1 aliphatic heterocycles. The van der Waals surface area contributed by atoms with E-state index in [2.05, 4.69) is 40.4 Å². The molecule has 8 heteroatoms. The number of carbonyl (C=O) groups is 1. The zero-order valence-corrected chi connectivity index (χ0v) is 15.4. The molecule has 2 aromatic rings. The Morgan fingerprint density at radius 2 is 2.00 bits per heavy atom. The van der Waals surface area contributed by atoms with Gasteiger partial charge in [-0.05, 0) is 38.0 Å². The highest BCUT2D eigenvalue weighted by atomic mass is 16.6. The van der Waals surface area contributed by atoms with Crippen molar-refractivity contribution >= 4 is 23.5 Å². The summed E-state index contributed by atoms with van der Waals surface area (Å²) < 4.78 is 5.04. The predicted octanol–water partition coefficient (Wildman–Crippen LogP) is 2.51. The maximum Gasteiger partial charge on any atom is 0.409 e. The van der Waals surface area contributed by atoms with Gasteiger partial charge in [-0.2, -0.15) is 10.1 Å². The normalized spacial score (nSPS) is 14.3. The van der Waals surface area contributed by atoms with Crippen LogP contribution in [-0.4, -0.2) is 59.0 Å². The molecule has 0 spiro atoms. The minimum Gasteiger partial charge on any atom is -0.450 e. The second-order valence-electron chi connectivity index (χ2n) is 6.19. The summed E-state index contributed by atoms with van der Waals surface area (Å²) in [4.78, 5) is 20.1. The Morgan fingerprint density at radius 1 is 1.23 bits per heavy atom. The second kappa shape index (κ2) is 7.99. The van der Waals surface area contributed by atoms with Crippen LogP contribution in [0.5, 0.6) is 0 Å². The van der Waals surface area contributed by atoms with E-state index in [1.807, 2.05) is 24.0 Å². The average molecular weight is 356 g/mol. The highest BCUT2D eigenvalue weighted by Gasteiger charge is 2.23. The topological polar surface area (TPSA) is 83.5 Å². The Balaban J connectivity index is 1.67. The second-order valence-corrected chi connectivity index (χ2v) is 6.19. The lowest BCUT2D eigenvalue weighted by molar-refractivity contribution is 0.105. The van der Waals surface area contributed by atoms with Crippen LogP contribution in [0, 0.1) is 13.8 Å². The number of piperazine rings is 1. The smallest absolute Gasteiger partial charge is 0.409 e. The number of ether oxygens (including phenoxy) is 1. The van der Waals surface area contributed by atoms with Crippen LogP contribution in [-0.2, 0) is 4.74 Å². The van der Waals surface area contributed by atoms with Crippen LogP contribution in [0.25, 0.3) is 0 Å². The van der Waals surface area contributed by atoms with Crippen LogP contribution < -0.4 is 10.2 Å². The van der Waals surface area contributed by atoms with E-state index in [9.17, 15) is 4.79 Å². The van der Waals surface area contributed by atoms with E-state index in [0.29, 0.717) is 44.6 Å². The van der Waals surface area contributed by atoms with Gasteiger partial charge in [0, 0.05) is 31.9 Å². The molecule has 1 aliphatic rings. The van der Waals surface area contributed by atoms with Crippen LogP contribution in [0.15, 0.2) is 24.4 Å². The van der Waals surface area contributed by atoms with E-state index in [4.69, 9.17) is 4.74 Å². The summed E-state index contributed by atoms with van der Waals surface area (Å²) in [5.74, 6) is 1.21. The van der Waals surface area contributed by atoms with Crippen molar-refractivity contribution in [3.05, 3.63) is 35.5 Å². The molecule has 1 fully saturated rings. The summed E-state index contributed by atoms with van der Waals surface area (Å²) in [6, 6.07) is 6.10. The van der Waals surface area contributed by atoms with E-state index in [0.717, 1.165) is 5.69 Å². The van der Waals surface area contributed by atoms with Crippen molar-refractivity contribution in [1.82, 2.24) is 20.1 Å². The van der Waals surface area contributed by atoms with Crippen molar-refractivity contribution in [3.8, 4) is 0 Å². The van der Waals surface area contributed by atoms with Gasteiger partial charge >= 0.3 is 6.09 Å². The molecule has 0 unspecified atom stereocenters. The highest BCUT2D eigenvalue weighted by molar-refractivity contribution is 5.68. The Morgan fingerprint density at radius 3 is 2.73 bits per heavy atom. The standard InChI is InChI=1S/C18H24N6O2/c1-4-26-18(25)24-10-8-23(9-11-24)17-21-16(12-19-22-17)20-15-7-5-6-13(2)14(15)3/h5-7,12H,4,8-11H2,1-3H3,(H,20,21,22). The van der Waals surface area contributed by atoms with Gasteiger partial charge in [0.2, 0.25) is 5.95 Å². The van der Waals surface area contributed by atoms with Crippen molar-refractivity contribution in [3.63, 3.8) is 0 Å². The van der Waals surface area contributed by atoms with Crippen molar-refractivity contribution in [1.29, 1.82) is 0 Å². The van der Waals surface area contributed by atoms with Crippen LogP contribution in [0.3, 0.4) is 0 Å². The Labute approximate surface area is 153 Å². The lowest BCUT2D eigenvalue weighted by atomic mass is 10.1. The lowest BCUT2D eigenvalue weighted by Crippen LogP contribution is -2.49. The summed E-state index contributed by atoms with van der Waals surface area (Å²) in [6.07, 6.45) is 1.34. The van der Waals surface area contributed by atoms with Crippen molar-refractivity contribution in [2.24, 2.45) is 0 Å². The molecular weight excluding hydrogens is 332 g/mol. The molecule has 0 radical (unpaired) electrons. The summed E-state index contributed by atoms with van der Waals surface area (Å²) in [6.45, 7) is 8.80. The number of aromatic nitrogens is 3. The predicted molar refractivity (Wildman–Crippen MR) is 99.8 cm³/mol. The van der Waals surface area contributed by atoms with Crippen molar-refractivity contribution < 1.29 is 9.53 Å². The molecule has 1 saturated heterocycles. The zero-order valence-electron chi connectivity index (χ0n) is 15.4. The fourth-order valence-electron chi connectivity index (χ4n) is 2.82. The maximum absolute atomic E-state index is 11.8. The third-order valence-electron chi connectivity index (χ3n) is 4.50. The molecule has 0 atom stereocenters. The first-order chi connectivity index (χ1) is 12.6. The van der Waals surface area contributed by atoms with Gasteiger partial charge in [-0.1, -0.05) is 12.1 Å². The van der Waals surface area contributed by atoms with Gasteiger partial charge in [0.1, 0.15) is 0 Å². The number of hydrogen-bond acceptors (Lipinski definition) is 7. The first-order valence-electron chi connectivity index (χ1n) is 8.78. The first kappa shape index (κ1) is 17.9. The minimum absolute atomic E-state index is 0.267. The monoisotopic (exact) mass is 356 g/mol. The van der Waals surface area contributed by atoms with Crippen molar-refractivity contribution in [2.45, 2.75) is 20.8 Å². The largest absolute Gasteiger partial charge is 0.450 e. The van der Waals surface area contributed by atoms with Gasteiger partial charge in [0.25, 0.3) is 0 Å². The Hall–Kier alpha value is -2.90. The molecule has 1 amide bonds. The summed E-state index contributed by atoms with van der Waals surface area (Å²) in [7, 11) is 0. The molecular formula is C18H24N6O2. The number of hydrogen-bond donors (Lipinski definition) is 1. The number of nitrogens with zero attached hydrogens (tertiary/aromatic N) is 5. The van der Waals surface area contributed by atoms with Crippen LogP contribution in [0.4, 0.5) is 22.2 Å². The molecule has 3 rings (SSSR count). The molecule has 8 nitrogen and oxygen atoms in total. The van der Waals surface area contributed by atoms with Gasteiger partial charge in [-0.3, -0.25) is 0 Å². The van der Waals surface area contributed by atoms with E-state index < -0.39 is 0 Å². The quantitative estimate of drug-likeness (QED) is 0.901. The molecule has 1 aromatic heterocycles. The fraction of sp³-hybridized carbons (Fsp3) is 0.444. The van der Waals surface area contributed by atoms with Gasteiger partial charge in [0.15, 0.2) is 5.82 Å². The molecule has 0 bridgehead atoms. The number of anilines is 3. The first-order valence-corrected chi connectivity index (χ1v) is 8.78. The van der Waals surface area contributed by atoms with Crippen LogP contribution in [0.1, 0.15) is 18.1 Å². The van der Waals surface area contributed by atoms with E-state index in [1.165, 1.54) is 11.1 Å². The van der Waals surface area contributed by atoms with E-state index in [-0.39, 0.29) is 6.09 Å². The van der Waals surface area contributed by atoms with Gasteiger partial charge in [-0.15, -0.1) is 5.10 Å². The van der Waals surface area contributed by atoms with Gasteiger partial charge in [-0.25, -0.2) is 4.79 Å². The molecule has 2 heterocycles. The fourth-order valence-corrected chi connectivity index (χ4v) is 2.82. The number of nitrogens with one attached hydrogen (secondary N) is 1. The number of amides is 1. The SMILES string of the molecule is CCOC(=O)N1CCN(c2nncc(Nc3cccc(C)c3C)n2)CC1. The van der Waals surface area contributed by atoms with E-state index in [1.54, 1.807) is 11.1 Å². The maximum atomic E-state index is 11.8. The van der Waals surface area contributed by atoms with Gasteiger partial charge < -0.3 is 19.9 Å². The third kappa shape index (κ3) is 4.01. The number of aryl methyl sites for hydroxylation is 1. The third-order valence-corrected chi connectivity index (χ3v) is 4.50. The summed E-state index contributed by atoms with van der Waals surface area (Å²) in [5, 5.41) is 11.5. The van der Waals surface area contributed by atoms with Crippen molar-refractivity contribution in [2.75, 3.05) is 43.0 Å². The Kier molecular flexibility index (Phi) is 5.50. The molecule has 0 aliphatic carbocycles. The molecule has 1 N–H and O–H groups in total. The molecule has 138 valence electrons. The molecule has 0 saturated carbocycles.